The molecule has 2 atom stereocenters. The molecule has 0 saturated carbocycles. The maximum Gasteiger partial charge on any atom is 0.257 e. The van der Waals surface area contributed by atoms with E-state index in [4.69, 9.17) is 16.3 Å². The van der Waals surface area contributed by atoms with Crippen LogP contribution in [0.3, 0.4) is 0 Å². The molecule has 1 saturated heterocycles. The molecule has 2 aliphatic heterocycles. The number of fused-ring (bicyclic) bond motifs is 1. The summed E-state index contributed by atoms with van der Waals surface area (Å²) >= 11 is 6.26. The van der Waals surface area contributed by atoms with Gasteiger partial charge in [-0.25, -0.2) is 0 Å². The van der Waals surface area contributed by atoms with Crippen molar-refractivity contribution in [2.24, 2.45) is 0 Å². The van der Waals surface area contributed by atoms with E-state index in [1.54, 1.807) is 13.2 Å². The second-order valence-electron chi connectivity index (χ2n) is 4.88. The number of halogens is 1. The van der Waals surface area contributed by atoms with Gasteiger partial charge < -0.3 is 20.1 Å². The zero-order valence-electron chi connectivity index (χ0n) is 10.5. The lowest BCUT2D eigenvalue weighted by atomic mass is 10.1. The molecular weight excluding hydrogens is 268 g/mol. The molecule has 0 aromatic heterocycles. The molecule has 0 aliphatic carbocycles. The molecule has 1 aromatic rings. The van der Waals surface area contributed by atoms with E-state index in [1.807, 2.05) is 6.07 Å². The van der Waals surface area contributed by atoms with Gasteiger partial charge in [-0.2, -0.15) is 0 Å². The molecule has 6 heteroatoms. The SMILES string of the molecule is COC1CCN(c2cc3c(cc2Cl)C(O)C(=O)N3)C1. The van der Waals surface area contributed by atoms with Gasteiger partial charge in [0.2, 0.25) is 0 Å². The summed E-state index contributed by atoms with van der Waals surface area (Å²) in [5.74, 6) is -0.403. The molecule has 0 radical (unpaired) electrons. The highest BCUT2D eigenvalue weighted by molar-refractivity contribution is 6.33. The molecule has 2 N–H and O–H groups in total. The van der Waals surface area contributed by atoms with E-state index in [0.29, 0.717) is 16.3 Å². The van der Waals surface area contributed by atoms with Crippen molar-refractivity contribution < 1.29 is 14.6 Å². The Morgan fingerprint density at radius 3 is 3.00 bits per heavy atom. The van der Waals surface area contributed by atoms with Gasteiger partial charge >= 0.3 is 0 Å². The molecule has 2 unspecified atom stereocenters. The van der Waals surface area contributed by atoms with Crippen LogP contribution in [0.5, 0.6) is 0 Å². The molecule has 3 rings (SSSR count). The van der Waals surface area contributed by atoms with Crippen LogP contribution in [0.4, 0.5) is 11.4 Å². The van der Waals surface area contributed by atoms with Crippen LogP contribution in [0.25, 0.3) is 0 Å². The average molecular weight is 283 g/mol. The van der Waals surface area contributed by atoms with Crippen molar-refractivity contribution in [3.8, 4) is 0 Å². The summed E-state index contributed by atoms with van der Waals surface area (Å²) in [5.41, 5.74) is 2.05. The minimum absolute atomic E-state index is 0.213. The number of nitrogens with one attached hydrogen (secondary N) is 1. The van der Waals surface area contributed by atoms with Crippen LogP contribution in [-0.2, 0) is 9.53 Å². The Balaban J connectivity index is 1.92. The lowest BCUT2D eigenvalue weighted by Crippen LogP contribution is -2.22. The molecule has 2 aliphatic rings. The van der Waals surface area contributed by atoms with Gasteiger partial charge in [0, 0.05) is 31.5 Å². The zero-order valence-corrected chi connectivity index (χ0v) is 11.3. The number of ether oxygens (including phenoxy) is 1. The number of amides is 1. The van der Waals surface area contributed by atoms with Crippen LogP contribution < -0.4 is 10.2 Å². The fourth-order valence-corrected chi connectivity index (χ4v) is 2.93. The third-order valence-corrected chi connectivity index (χ3v) is 4.04. The largest absolute Gasteiger partial charge is 0.380 e. The number of hydrogen-bond donors (Lipinski definition) is 2. The quantitative estimate of drug-likeness (QED) is 0.864. The van der Waals surface area contributed by atoms with Gasteiger partial charge in [0.1, 0.15) is 0 Å². The molecule has 1 amide bonds. The van der Waals surface area contributed by atoms with Crippen molar-refractivity contribution in [1.82, 2.24) is 0 Å². The van der Waals surface area contributed by atoms with Gasteiger partial charge in [-0.05, 0) is 18.6 Å². The average Bonchev–Trinajstić information content (AvgIpc) is 2.96. The minimum Gasteiger partial charge on any atom is -0.380 e. The van der Waals surface area contributed by atoms with Crippen LogP contribution in [0.2, 0.25) is 5.02 Å². The number of aliphatic hydroxyl groups is 1. The Hall–Kier alpha value is -1.30. The highest BCUT2D eigenvalue weighted by Crippen LogP contribution is 2.39. The smallest absolute Gasteiger partial charge is 0.257 e. The summed E-state index contributed by atoms with van der Waals surface area (Å²) < 4.78 is 5.33. The van der Waals surface area contributed by atoms with Crippen molar-refractivity contribution in [2.45, 2.75) is 18.6 Å². The number of carbonyl (C=O) groups excluding carboxylic acids is 1. The maximum absolute atomic E-state index is 11.4. The topological polar surface area (TPSA) is 61.8 Å². The molecule has 102 valence electrons. The standard InChI is InChI=1S/C13H15ClN2O3/c1-19-7-2-3-16(6-7)11-5-10-8(4-9(11)14)12(17)13(18)15-10/h4-5,7,12,17H,2-3,6H2,1H3,(H,15,18). The molecule has 2 heterocycles. The second-order valence-corrected chi connectivity index (χ2v) is 5.28. The Morgan fingerprint density at radius 2 is 2.32 bits per heavy atom. The zero-order chi connectivity index (χ0) is 13.6. The number of anilines is 2. The van der Waals surface area contributed by atoms with Crippen molar-refractivity contribution in [1.29, 1.82) is 0 Å². The lowest BCUT2D eigenvalue weighted by molar-refractivity contribution is -0.123. The summed E-state index contributed by atoms with van der Waals surface area (Å²) in [6.45, 7) is 1.65. The summed E-state index contributed by atoms with van der Waals surface area (Å²) in [7, 11) is 1.70. The van der Waals surface area contributed by atoms with E-state index in [0.717, 1.165) is 25.2 Å². The Bertz CT molecular complexity index is 535. The summed E-state index contributed by atoms with van der Waals surface area (Å²) in [4.78, 5) is 13.6. The normalized spacial score (nSPS) is 25.6. The van der Waals surface area contributed by atoms with E-state index >= 15 is 0 Å². The van der Waals surface area contributed by atoms with E-state index in [1.165, 1.54) is 0 Å². The predicted molar refractivity (Wildman–Crippen MR) is 72.7 cm³/mol. The van der Waals surface area contributed by atoms with E-state index < -0.39 is 12.0 Å². The maximum atomic E-state index is 11.4. The monoisotopic (exact) mass is 282 g/mol. The van der Waals surface area contributed by atoms with Crippen LogP contribution >= 0.6 is 11.6 Å². The van der Waals surface area contributed by atoms with Crippen molar-refractivity contribution in [3.63, 3.8) is 0 Å². The Labute approximate surface area is 116 Å². The number of aliphatic hydroxyl groups excluding tert-OH is 1. The first-order valence-corrected chi connectivity index (χ1v) is 6.58. The fourth-order valence-electron chi connectivity index (χ4n) is 2.64. The van der Waals surface area contributed by atoms with E-state index in [9.17, 15) is 9.90 Å². The molecule has 1 fully saturated rings. The fraction of sp³-hybridized carbons (Fsp3) is 0.462. The summed E-state index contributed by atoms with van der Waals surface area (Å²) in [6, 6.07) is 3.48. The number of methoxy groups -OCH3 is 1. The number of benzene rings is 1. The highest BCUT2D eigenvalue weighted by atomic mass is 35.5. The van der Waals surface area contributed by atoms with Gasteiger partial charge in [0.05, 0.1) is 16.8 Å². The van der Waals surface area contributed by atoms with E-state index in [-0.39, 0.29) is 6.10 Å². The van der Waals surface area contributed by atoms with Crippen LogP contribution in [0.15, 0.2) is 12.1 Å². The molecule has 5 nitrogen and oxygen atoms in total. The van der Waals surface area contributed by atoms with Crippen LogP contribution in [0, 0.1) is 0 Å². The van der Waals surface area contributed by atoms with E-state index in [2.05, 4.69) is 10.2 Å². The van der Waals surface area contributed by atoms with Gasteiger partial charge in [0.25, 0.3) is 5.91 Å². The Morgan fingerprint density at radius 1 is 1.53 bits per heavy atom. The second kappa shape index (κ2) is 4.67. The van der Waals surface area contributed by atoms with Crippen molar-refractivity contribution >= 4 is 28.9 Å². The lowest BCUT2D eigenvalue weighted by Gasteiger charge is -2.20. The highest BCUT2D eigenvalue weighted by Gasteiger charge is 2.31. The summed E-state index contributed by atoms with van der Waals surface area (Å²) in [6.07, 6.45) is 0.0511. The van der Waals surface area contributed by atoms with Crippen LogP contribution in [-0.4, -0.2) is 37.3 Å². The van der Waals surface area contributed by atoms with Crippen LogP contribution in [0.1, 0.15) is 18.1 Å². The third kappa shape index (κ3) is 2.08. The molecule has 1 aromatic carbocycles. The number of nitrogens with zero attached hydrogens (tertiary/aromatic N) is 1. The third-order valence-electron chi connectivity index (χ3n) is 3.74. The molecule has 0 bridgehead atoms. The first kappa shape index (κ1) is 12.7. The van der Waals surface area contributed by atoms with Gasteiger partial charge in [-0.1, -0.05) is 11.6 Å². The first-order valence-electron chi connectivity index (χ1n) is 6.20. The van der Waals surface area contributed by atoms with Crippen molar-refractivity contribution in [2.75, 3.05) is 30.4 Å². The van der Waals surface area contributed by atoms with Gasteiger partial charge in [-0.3, -0.25) is 4.79 Å². The van der Waals surface area contributed by atoms with Gasteiger partial charge in [-0.15, -0.1) is 0 Å². The number of rotatable bonds is 2. The molecular formula is C13H15ClN2O3. The first-order chi connectivity index (χ1) is 9.10. The van der Waals surface area contributed by atoms with Crippen molar-refractivity contribution in [3.05, 3.63) is 22.7 Å². The van der Waals surface area contributed by atoms with Gasteiger partial charge in [0.15, 0.2) is 6.10 Å². The molecule has 0 spiro atoms. The summed E-state index contributed by atoms with van der Waals surface area (Å²) in [5, 5.41) is 12.9. The Kier molecular flexibility index (Phi) is 3.12. The number of hydrogen-bond acceptors (Lipinski definition) is 4. The minimum atomic E-state index is -1.12. The number of carbonyl (C=O) groups is 1. The predicted octanol–water partition coefficient (Wildman–Crippen LogP) is 1.55. The molecule has 19 heavy (non-hydrogen) atoms.